The number of benzene rings is 1. The molecule has 1 amide bonds. The summed E-state index contributed by atoms with van der Waals surface area (Å²) in [7, 11) is 0. The van der Waals surface area contributed by atoms with Crippen molar-refractivity contribution >= 4 is 29.1 Å². The van der Waals surface area contributed by atoms with Crippen LogP contribution in [-0.4, -0.2) is 10.9 Å². The summed E-state index contributed by atoms with van der Waals surface area (Å²) in [6.45, 7) is 0.416. The van der Waals surface area contributed by atoms with Crippen molar-refractivity contribution in [2.75, 3.05) is 0 Å². The summed E-state index contributed by atoms with van der Waals surface area (Å²) >= 11 is 11.6. The molecular weight excluding hydrogens is 271 g/mol. The Kier molecular flexibility index (Phi) is 4.18. The van der Waals surface area contributed by atoms with Crippen molar-refractivity contribution in [3.8, 4) is 0 Å². The minimum absolute atomic E-state index is 0.195. The third-order valence-corrected chi connectivity index (χ3v) is 2.77. The fraction of sp³-hybridized carbons (Fsp3) is 0.0769. The normalized spacial score (nSPS) is 10.1. The van der Waals surface area contributed by atoms with Gasteiger partial charge in [-0.05, 0) is 29.8 Å². The molecule has 0 aliphatic heterocycles. The molecule has 2 aromatic rings. The summed E-state index contributed by atoms with van der Waals surface area (Å²) in [6, 6.07) is 10.5. The molecule has 92 valence electrons. The van der Waals surface area contributed by atoms with Gasteiger partial charge < -0.3 is 5.32 Å². The summed E-state index contributed by atoms with van der Waals surface area (Å²) < 4.78 is 0. The quantitative estimate of drug-likeness (QED) is 0.877. The highest BCUT2D eigenvalue weighted by atomic mass is 35.5. The van der Waals surface area contributed by atoms with Crippen LogP contribution >= 0.6 is 23.2 Å². The highest BCUT2D eigenvalue weighted by Crippen LogP contribution is 2.11. The van der Waals surface area contributed by atoms with E-state index < -0.39 is 0 Å². The average molecular weight is 281 g/mol. The maximum absolute atomic E-state index is 11.8. The first-order chi connectivity index (χ1) is 8.65. The minimum Gasteiger partial charge on any atom is -0.348 e. The number of pyridine rings is 1. The number of nitrogens with zero attached hydrogens (tertiary/aromatic N) is 1. The lowest BCUT2D eigenvalue weighted by molar-refractivity contribution is 0.0951. The smallest absolute Gasteiger partial charge is 0.251 e. The molecule has 0 radical (unpaired) electrons. The number of carbonyl (C=O) groups excluding carboxylic acids is 1. The lowest BCUT2D eigenvalue weighted by Gasteiger charge is -2.05. The zero-order chi connectivity index (χ0) is 13.0. The Labute approximate surface area is 115 Å². The molecule has 18 heavy (non-hydrogen) atoms. The van der Waals surface area contributed by atoms with E-state index in [1.165, 1.54) is 12.3 Å². The SMILES string of the molecule is O=C(NCc1cccc(Cl)c1)c1ccnc(Cl)c1. The zero-order valence-electron chi connectivity index (χ0n) is 9.36. The third-order valence-electron chi connectivity index (χ3n) is 2.33. The van der Waals surface area contributed by atoms with Gasteiger partial charge in [0.25, 0.3) is 5.91 Å². The van der Waals surface area contributed by atoms with E-state index in [1.54, 1.807) is 18.2 Å². The summed E-state index contributed by atoms with van der Waals surface area (Å²) in [5.41, 5.74) is 1.42. The van der Waals surface area contributed by atoms with Crippen LogP contribution in [0.15, 0.2) is 42.6 Å². The number of amides is 1. The fourth-order valence-electron chi connectivity index (χ4n) is 1.48. The summed E-state index contributed by atoms with van der Waals surface area (Å²) in [5, 5.41) is 3.73. The first-order valence-corrected chi connectivity index (χ1v) is 6.05. The molecule has 1 aromatic carbocycles. The molecule has 0 saturated carbocycles. The Hall–Kier alpha value is -1.58. The van der Waals surface area contributed by atoms with Crippen molar-refractivity contribution in [2.45, 2.75) is 6.54 Å². The van der Waals surface area contributed by atoms with E-state index in [4.69, 9.17) is 23.2 Å². The van der Waals surface area contributed by atoms with Crippen molar-refractivity contribution in [3.63, 3.8) is 0 Å². The molecule has 0 aliphatic carbocycles. The van der Waals surface area contributed by atoms with Gasteiger partial charge in [-0.25, -0.2) is 4.98 Å². The van der Waals surface area contributed by atoms with E-state index in [9.17, 15) is 4.79 Å². The largest absolute Gasteiger partial charge is 0.348 e. The van der Waals surface area contributed by atoms with Crippen molar-refractivity contribution in [3.05, 3.63) is 63.9 Å². The molecule has 5 heteroatoms. The zero-order valence-corrected chi connectivity index (χ0v) is 10.9. The fourth-order valence-corrected chi connectivity index (χ4v) is 1.86. The molecule has 0 atom stereocenters. The van der Waals surface area contributed by atoms with E-state index in [-0.39, 0.29) is 5.91 Å². The highest BCUT2D eigenvalue weighted by molar-refractivity contribution is 6.30. The molecule has 0 bridgehead atoms. The molecule has 2 rings (SSSR count). The van der Waals surface area contributed by atoms with Gasteiger partial charge in [0.1, 0.15) is 5.15 Å². The maximum atomic E-state index is 11.8. The number of carbonyl (C=O) groups is 1. The Morgan fingerprint density at radius 1 is 1.22 bits per heavy atom. The topological polar surface area (TPSA) is 42.0 Å². The van der Waals surface area contributed by atoms with Crippen LogP contribution < -0.4 is 5.32 Å². The molecule has 3 nitrogen and oxygen atoms in total. The van der Waals surface area contributed by atoms with Crippen molar-refractivity contribution in [1.82, 2.24) is 10.3 Å². The Bertz CT molecular complexity index is 572. The van der Waals surface area contributed by atoms with Gasteiger partial charge in [-0.3, -0.25) is 4.79 Å². The van der Waals surface area contributed by atoms with Gasteiger partial charge in [0.15, 0.2) is 0 Å². The average Bonchev–Trinajstić information content (AvgIpc) is 2.36. The molecule has 1 N–H and O–H groups in total. The van der Waals surface area contributed by atoms with Crippen LogP contribution in [0.2, 0.25) is 10.2 Å². The Morgan fingerprint density at radius 2 is 2.06 bits per heavy atom. The van der Waals surface area contributed by atoms with Crippen molar-refractivity contribution in [2.24, 2.45) is 0 Å². The number of aromatic nitrogens is 1. The van der Waals surface area contributed by atoms with Gasteiger partial charge in [0.2, 0.25) is 0 Å². The molecule has 0 saturated heterocycles. The summed E-state index contributed by atoms with van der Waals surface area (Å²) in [6.07, 6.45) is 1.50. The first kappa shape index (κ1) is 12.9. The first-order valence-electron chi connectivity index (χ1n) is 5.29. The number of halogens is 2. The van der Waals surface area contributed by atoms with Gasteiger partial charge in [0, 0.05) is 23.3 Å². The standard InChI is InChI=1S/C13H10Cl2N2O/c14-11-3-1-2-9(6-11)8-17-13(18)10-4-5-16-12(15)7-10/h1-7H,8H2,(H,17,18). The maximum Gasteiger partial charge on any atom is 0.251 e. The second-order valence-electron chi connectivity index (χ2n) is 3.68. The molecule has 1 aromatic heterocycles. The summed E-state index contributed by atoms with van der Waals surface area (Å²) in [5.74, 6) is -0.195. The van der Waals surface area contributed by atoms with Crippen LogP contribution in [-0.2, 0) is 6.54 Å². The molecule has 0 spiro atoms. The van der Waals surface area contributed by atoms with Crippen LogP contribution in [0, 0.1) is 0 Å². The molecule has 0 unspecified atom stereocenters. The predicted octanol–water partition coefficient (Wildman–Crippen LogP) is 3.32. The van der Waals surface area contributed by atoms with E-state index in [0.717, 1.165) is 5.56 Å². The summed E-state index contributed by atoms with van der Waals surface area (Å²) in [4.78, 5) is 15.6. The molecule has 1 heterocycles. The van der Waals surface area contributed by atoms with Gasteiger partial charge in [-0.2, -0.15) is 0 Å². The Morgan fingerprint density at radius 3 is 2.78 bits per heavy atom. The van der Waals surface area contributed by atoms with Crippen molar-refractivity contribution < 1.29 is 4.79 Å². The van der Waals surface area contributed by atoms with Crippen LogP contribution in [0.25, 0.3) is 0 Å². The van der Waals surface area contributed by atoms with Gasteiger partial charge in [0.05, 0.1) is 0 Å². The van der Waals surface area contributed by atoms with Crippen LogP contribution in [0.3, 0.4) is 0 Å². The second kappa shape index (κ2) is 5.85. The highest BCUT2D eigenvalue weighted by Gasteiger charge is 2.06. The number of rotatable bonds is 3. The van der Waals surface area contributed by atoms with Gasteiger partial charge in [-0.15, -0.1) is 0 Å². The number of hydrogen-bond donors (Lipinski definition) is 1. The monoisotopic (exact) mass is 280 g/mol. The third kappa shape index (κ3) is 3.45. The van der Waals surface area contributed by atoms with E-state index >= 15 is 0 Å². The lowest BCUT2D eigenvalue weighted by Crippen LogP contribution is -2.22. The second-order valence-corrected chi connectivity index (χ2v) is 4.50. The van der Waals surface area contributed by atoms with Gasteiger partial charge in [-0.1, -0.05) is 35.3 Å². The van der Waals surface area contributed by atoms with Crippen LogP contribution in [0.1, 0.15) is 15.9 Å². The van der Waals surface area contributed by atoms with E-state index in [0.29, 0.717) is 22.3 Å². The van der Waals surface area contributed by atoms with Gasteiger partial charge >= 0.3 is 0 Å². The Balaban J connectivity index is 2.00. The number of hydrogen-bond acceptors (Lipinski definition) is 2. The van der Waals surface area contributed by atoms with E-state index in [1.807, 2.05) is 12.1 Å². The minimum atomic E-state index is -0.195. The predicted molar refractivity (Wildman–Crippen MR) is 71.9 cm³/mol. The van der Waals surface area contributed by atoms with E-state index in [2.05, 4.69) is 10.3 Å². The molecular formula is C13H10Cl2N2O. The van der Waals surface area contributed by atoms with Crippen LogP contribution in [0.5, 0.6) is 0 Å². The lowest BCUT2D eigenvalue weighted by atomic mass is 10.2. The molecule has 0 fully saturated rings. The van der Waals surface area contributed by atoms with Crippen LogP contribution in [0.4, 0.5) is 0 Å². The molecule has 0 aliphatic rings. The number of nitrogens with one attached hydrogen (secondary N) is 1. The van der Waals surface area contributed by atoms with Crippen molar-refractivity contribution in [1.29, 1.82) is 0 Å².